The van der Waals surface area contributed by atoms with E-state index >= 15 is 0 Å². The Morgan fingerprint density at radius 1 is 1.03 bits per heavy atom. The SMILES string of the molecule is O=C1COc2ccc(C(=O)COC(=O)c3cccc(S(=O)(=O)Nc4ccccc4F)c3)cc2N1. The smallest absolute Gasteiger partial charge is 0.338 e. The molecule has 34 heavy (non-hydrogen) atoms. The number of rotatable bonds is 7. The quantitative estimate of drug-likeness (QED) is 0.390. The van der Waals surface area contributed by atoms with E-state index in [2.05, 4.69) is 10.0 Å². The van der Waals surface area contributed by atoms with Crippen LogP contribution in [0.4, 0.5) is 15.8 Å². The number of sulfonamides is 1. The molecule has 0 spiro atoms. The average Bonchev–Trinajstić information content (AvgIpc) is 2.83. The number of ether oxygens (including phenoxy) is 2. The highest BCUT2D eigenvalue weighted by Gasteiger charge is 2.21. The van der Waals surface area contributed by atoms with E-state index in [-0.39, 0.29) is 34.2 Å². The van der Waals surface area contributed by atoms with Crippen molar-refractivity contribution in [3.05, 3.63) is 83.7 Å². The van der Waals surface area contributed by atoms with Gasteiger partial charge in [0.15, 0.2) is 19.0 Å². The number of fused-ring (bicyclic) bond motifs is 1. The molecule has 0 aromatic heterocycles. The van der Waals surface area contributed by atoms with Crippen molar-refractivity contribution in [3.63, 3.8) is 0 Å². The van der Waals surface area contributed by atoms with E-state index < -0.39 is 34.2 Å². The lowest BCUT2D eigenvalue weighted by molar-refractivity contribution is -0.118. The molecule has 0 saturated heterocycles. The standard InChI is InChI=1S/C23H17FN2O7S/c24-17-6-1-2-7-18(17)26-34(30,31)16-5-3-4-15(10-16)23(29)33-12-20(27)14-8-9-21-19(11-14)25-22(28)13-32-21/h1-11,26H,12-13H2,(H,25,28). The van der Waals surface area contributed by atoms with Gasteiger partial charge in [0.25, 0.3) is 15.9 Å². The van der Waals surface area contributed by atoms with E-state index in [4.69, 9.17) is 9.47 Å². The molecule has 0 atom stereocenters. The third-order valence-corrected chi connectivity index (χ3v) is 6.13. The average molecular weight is 484 g/mol. The van der Waals surface area contributed by atoms with Crippen LogP contribution in [0, 0.1) is 5.82 Å². The second-order valence-corrected chi connectivity index (χ2v) is 8.84. The maximum absolute atomic E-state index is 13.8. The van der Waals surface area contributed by atoms with Gasteiger partial charge in [0.2, 0.25) is 0 Å². The number of Topliss-reactive ketones (excluding diaryl/α,β-unsaturated/α-hetero) is 1. The third-order valence-electron chi connectivity index (χ3n) is 4.77. The molecule has 4 rings (SSSR count). The Morgan fingerprint density at radius 3 is 2.62 bits per heavy atom. The summed E-state index contributed by atoms with van der Waals surface area (Å²) in [5.74, 6) is -2.17. The monoisotopic (exact) mass is 484 g/mol. The molecule has 0 fully saturated rings. The molecule has 9 nitrogen and oxygen atoms in total. The number of para-hydroxylation sites is 1. The summed E-state index contributed by atoms with van der Waals surface area (Å²) in [5.41, 5.74) is 0.152. The predicted molar refractivity (Wildman–Crippen MR) is 119 cm³/mol. The van der Waals surface area contributed by atoms with Gasteiger partial charge in [-0.1, -0.05) is 18.2 Å². The minimum absolute atomic E-state index is 0.115. The highest BCUT2D eigenvalue weighted by Crippen LogP contribution is 2.28. The molecule has 11 heteroatoms. The van der Waals surface area contributed by atoms with Crippen molar-refractivity contribution in [1.82, 2.24) is 0 Å². The van der Waals surface area contributed by atoms with Crippen LogP contribution in [0.25, 0.3) is 0 Å². The molecule has 2 N–H and O–H groups in total. The van der Waals surface area contributed by atoms with Gasteiger partial charge in [0, 0.05) is 5.56 Å². The minimum atomic E-state index is -4.19. The number of anilines is 2. The number of nitrogens with one attached hydrogen (secondary N) is 2. The zero-order chi connectivity index (χ0) is 24.3. The van der Waals surface area contributed by atoms with Crippen molar-refractivity contribution in [2.75, 3.05) is 23.3 Å². The summed E-state index contributed by atoms with van der Waals surface area (Å²) < 4.78 is 51.4. The summed E-state index contributed by atoms with van der Waals surface area (Å²) in [6.07, 6.45) is 0. The van der Waals surface area contributed by atoms with Crippen molar-refractivity contribution in [3.8, 4) is 5.75 Å². The first kappa shape index (κ1) is 22.9. The molecule has 0 unspecified atom stereocenters. The van der Waals surface area contributed by atoms with Crippen molar-refractivity contribution >= 4 is 39.1 Å². The van der Waals surface area contributed by atoms with Crippen LogP contribution in [0.1, 0.15) is 20.7 Å². The van der Waals surface area contributed by atoms with E-state index in [1.807, 2.05) is 0 Å². The lowest BCUT2D eigenvalue weighted by Gasteiger charge is -2.18. The van der Waals surface area contributed by atoms with Crippen LogP contribution in [0.5, 0.6) is 5.75 Å². The summed E-state index contributed by atoms with van der Waals surface area (Å²) >= 11 is 0. The van der Waals surface area contributed by atoms with Gasteiger partial charge in [-0.2, -0.15) is 0 Å². The molecule has 1 aliphatic rings. The van der Waals surface area contributed by atoms with Crippen molar-refractivity contribution in [2.24, 2.45) is 0 Å². The Morgan fingerprint density at radius 2 is 1.82 bits per heavy atom. The molecule has 0 saturated carbocycles. The fourth-order valence-corrected chi connectivity index (χ4v) is 4.20. The van der Waals surface area contributed by atoms with Crippen LogP contribution in [0.3, 0.4) is 0 Å². The van der Waals surface area contributed by atoms with Crippen LogP contribution < -0.4 is 14.8 Å². The number of carbonyl (C=O) groups is 3. The van der Waals surface area contributed by atoms with Crippen molar-refractivity contribution in [2.45, 2.75) is 4.90 Å². The van der Waals surface area contributed by atoms with Crippen LogP contribution in [-0.2, 0) is 19.6 Å². The summed E-state index contributed by atoms with van der Waals surface area (Å²) in [6.45, 7) is -0.737. The fourth-order valence-electron chi connectivity index (χ4n) is 3.09. The summed E-state index contributed by atoms with van der Waals surface area (Å²) in [7, 11) is -4.19. The van der Waals surface area contributed by atoms with Crippen molar-refractivity contribution in [1.29, 1.82) is 0 Å². The van der Waals surface area contributed by atoms with Crippen LogP contribution >= 0.6 is 0 Å². The second-order valence-electron chi connectivity index (χ2n) is 7.16. The molecular weight excluding hydrogens is 467 g/mol. The summed E-state index contributed by atoms with van der Waals surface area (Å²) in [6, 6.07) is 14.6. The second kappa shape index (κ2) is 9.32. The molecule has 1 heterocycles. The Kier molecular flexibility index (Phi) is 6.28. The zero-order valence-corrected chi connectivity index (χ0v) is 18.2. The van der Waals surface area contributed by atoms with Gasteiger partial charge < -0.3 is 14.8 Å². The molecule has 0 bridgehead atoms. The van der Waals surface area contributed by atoms with E-state index in [1.54, 1.807) is 0 Å². The minimum Gasteiger partial charge on any atom is -0.482 e. The first-order valence-electron chi connectivity index (χ1n) is 9.87. The highest BCUT2D eigenvalue weighted by atomic mass is 32.2. The van der Waals surface area contributed by atoms with Crippen LogP contribution in [0.15, 0.2) is 71.6 Å². The van der Waals surface area contributed by atoms with Gasteiger partial charge in [-0.25, -0.2) is 17.6 Å². The highest BCUT2D eigenvalue weighted by molar-refractivity contribution is 7.92. The number of ketones is 1. The predicted octanol–water partition coefficient (Wildman–Crippen LogP) is 3.00. The van der Waals surface area contributed by atoms with E-state index in [1.165, 1.54) is 54.6 Å². The lowest BCUT2D eigenvalue weighted by atomic mass is 10.1. The van der Waals surface area contributed by atoms with Gasteiger partial charge in [0.05, 0.1) is 21.8 Å². The summed E-state index contributed by atoms with van der Waals surface area (Å²) in [4.78, 5) is 36.0. The Hall–Kier alpha value is -4.25. The van der Waals surface area contributed by atoms with E-state index in [9.17, 15) is 27.2 Å². The van der Waals surface area contributed by atoms with Gasteiger partial charge in [-0.15, -0.1) is 0 Å². The number of benzene rings is 3. The van der Waals surface area contributed by atoms with Crippen LogP contribution in [0.2, 0.25) is 0 Å². The molecule has 174 valence electrons. The number of hydrogen-bond acceptors (Lipinski definition) is 7. The Labute approximate surface area is 193 Å². The Balaban J connectivity index is 1.43. The number of amides is 1. The normalized spacial score (nSPS) is 12.7. The molecule has 0 radical (unpaired) electrons. The first-order chi connectivity index (χ1) is 16.2. The van der Waals surface area contributed by atoms with Gasteiger partial charge in [-0.3, -0.25) is 14.3 Å². The number of esters is 1. The van der Waals surface area contributed by atoms with E-state index in [0.717, 1.165) is 12.1 Å². The fraction of sp³-hybridized carbons (Fsp3) is 0.0870. The van der Waals surface area contributed by atoms with Gasteiger partial charge >= 0.3 is 5.97 Å². The Bertz CT molecular complexity index is 1410. The van der Waals surface area contributed by atoms with Crippen LogP contribution in [-0.4, -0.2) is 39.3 Å². The topological polar surface area (TPSA) is 128 Å². The van der Waals surface area contributed by atoms with Gasteiger partial charge in [-0.05, 0) is 48.5 Å². The maximum Gasteiger partial charge on any atom is 0.338 e. The van der Waals surface area contributed by atoms with Gasteiger partial charge in [0.1, 0.15) is 11.6 Å². The molecule has 3 aromatic rings. The van der Waals surface area contributed by atoms with Crippen molar-refractivity contribution < 1.29 is 36.7 Å². The molecule has 1 aliphatic heterocycles. The lowest BCUT2D eigenvalue weighted by Crippen LogP contribution is -2.25. The molecular formula is C23H17FN2O7S. The number of hydrogen-bond donors (Lipinski definition) is 2. The first-order valence-corrected chi connectivity index (χ1v) is 11.4. The third kappa shape index (κ3) is 5.04. The molecule has 3 aromatic carbocycles. The zero-order valence-electron chi connectivity index (χ0n) is 17.4. The molecule has 0 aliphatic carbocycles. The molecule has 1 amide bonds. The van der Waals surface area contributed by atoms with E-state index in [0.29, 0.717) is 11.4 Å². The number of halogens is 1. The largest absolute Gasteiger partial charge is 0.482 e. The maximum atomic E-state index is 13.8. The summed E-state index contributed by atoms with van der Waals surface area (Å²) in [5, 5.41) is 2.58. The number of carbonyl (C=O) groups excluding carboxylic acids is 3.